The first-order chi connectivity index (χ1) is 8.85. The van der Waals surface area contributed by atoms with E-state index in [1.807, 2.05) is 18.8 Å². The molecule has 2 aromatic rings. The van der Waals surface area contributed by atoms with Crippen LogP contribution in [0.2, 0.25) is 0 Å². The van der Waals surface area contributed by atoms with Gasteiger partial charge < -0.3 is 0 Å². The smallest absolute Gasteiger partial charge is 0.176 e. The van der Waals surface area contributed by atoms with Gasteiger partial charge in [-0.2, -0.15) is 4.68 Å². The van der Waals surface area contributed by atoms with E-state index >= 15 is 0 Å². The predicted octanol–water partition coefficient (Wildman–Crippen LogP) is 2.08. The number of para-hydroxylation sites is 1. The Morgan fingerprint density at radius 1 is 1.11 bits per heavy atom. The average Bonchev–Trinajstić information content (AvgIpc) is 2.78. The molecule has 0 unspecified atom stereocenters. The van der Waals surface area contributed by atoms with Crippen molar-refractivity contribution in [2.75, 3.05) is 14.1 Å². The van der Waals surface area contributed by atoms with E-state index in [4.69, 9.17) is 0 Å². The number of nitrogens with zero attached hydrogens (tertiary/aromatic N) is 5. The van der Waals surface area contributed by atoms with E-state index in [9.17, 15) is 0 Å². The fourth-order valence-corrected chi connectivity index (χ4v) is 2.06. The zero-order valence-electron chi connectivity index (χ0n) is 12.5. The molecule has 0 spiro atoms. The summed E-state index contributed by atoms with van der Waals surface area (Å²) in [6.45, 7) is 8.39. The molecule has 1 aromatic carbocycles. The van der Waals surface area contributed by atoms with Crippen molar-refractivity contribution in [2.45, 2.75) is 33.2 Å². The van der Waals surface area contributed by atoms with Gasteiger partial charge in [0.2, 0.25) is 0 Å². The summed E-state index contributed by atoms with van der Waals surface area (Å²) in [5.74, 6) is 0.843. The fraction of sp³-hybridized carbons (Fsp3) is 0.500. The van der Waals surface area contributed by atoms with Crippen molar-refractivity contribution in [1.29, 1.82) is 0 Å². The molecule has 0 amide bonds. The lowest BCUT2D eigenvalue weighted by Gasteiger charge is -2.31. The Morgan fingerprint density at radius 2 is 1.68 bits per heavy atom. The summed E-state index contributed by atoms with van der Waals surface area (Å²) < 4.78 is 1.85. The van der Waals surface area contributed by atoms with Gasteiger partial charge >= 0.3 is 0 Å². The zero-order valence-corrected chi connectivity index (χ0v) is 12.5. The molecule has 102 valence electrons. The third-order valence-corrected chi connectivity index (χ3v) is 3.79. The van der Waals surface area contributed by atoms with Gasteiger partial charge in [-0.3, -0.25) is 4.90 Å². The predicted molar refractivity (Wildman–Crippen MR) is 75.3 cm³/mol. The second-order valence-corrected chi connectivity index (χ2v) is 5.61. The molecule has 0 fully saturated rings. The number of tetrazole rings is 1. The molecule has 0 N–H and O–H groups in total. The summed E-state index contributed by atoms with van der Waals surface area (Å²) in [5.41, 5.74) is 3.17. The van der Waals surface area contributed by atoms with Crippen molar-refractivity contribution in [3.05, 3.63) is 35.2 Å². The molecule has 19 heavy (non-hydrogen) atoms. The summed E-state index contributed by atoms with van der Waals surface area (Å²) >= 11 is 0. The third-order valence-electron chi connectivity index (χ3n) is 3.79. The number of benzene rings is 1. The molecule has 0 radical (unpaired) electrons. The standard InChI is InChI=1S/C14H21N5/c1-10-8-7-9-11(2)12(10)19-13(15-16-17-19)14(3,4)18(5)6/h7-9H,1-6H3. The van der Waals surface area contributed by atoms with Crippen molar-refractivity contribution >= 4 is 0 Å². The van der Waals surface area contributed by atoms with Gasteiger partial charge in [0.25, 0.3) is 0 Å². The highest BCUT2D eigenvalue weighted by Gasteiger charge is 2.30. The Kier molecular flexibility index (Phi) is 3.41. The Hall–Kier alpha value is -1.75. The van der Waals surface area contributed by atoms with E-state index in [1.165, 1.54) is 11.1 Å². The van der Waals surface area contributed by atoms with Crippen LogP contribution in [0.25, 0.3) is 5.69 Å². The SMILES string of the molecule is Cc1cccc(C)c1-n1nnnc1C(C)(C)N(C)C. The Bertz CT molecular complexity index is 563. The van der Waals surface area contributed by atoms with Crippen LogP contribution in [-0.4, -0.2) is 39.2 Å². The molecule has 0 bridgehead atoms. The van der Waals surface area contributed by atoms with Gasteiger partial charge in [-0.15, -0.1) is 5.10 Å². The molecule has 2 rings (SSSR count). The molecule has 0 aliphatic rings. The van der Waals surface area contributed by atoms with Crippen LogP contribution in [0.15, 0.2) is 18.2 Å². The first-order valence-electron chi connectivity index (χ1n) is 6.38. The maximum absolute atomic E-state index is 4.23. The molecule has 0 saturated heterocycles. The number of aryl methyl sites for hydroxylation is 2. The highest BCUT2D eigenvalue weighted by molar-refractivity contribution is 5.46. The van der Waals surface area contributed by atoms with Crippen molar-refractivity contribution < 1.29 is 0 Å². The van der Waals surface area contributed by atoms with Gasteiger partial charge in [0, 0.05) is 0 Å². The largest absolute Gasteiger partial charge is 0.297 e. The second-order valence-electron chi connectivity index (χ2n) is 5.61. The molecule has 1 aromatic heterocycles. The third kappa shape index (κ3) is 2.26. The van der Waals surface area contributed by atoms with Gasteiger partial charge in [-0.05, 0) is 63.3 Å². The summed E-state index contributed by atoms with van der Waals surface area (Å²) in [7, 11) is 4.06. The van der Waals surface area contributed by atoms with E-state index in [1.54, 1.807) is 0 Å². The minimum absolute atomic E-state index is 0.238. The van der Waals surface area contributed by atoms with Crippen molar-refractivity contribution in [2.24, 2.45) is 0 Å². The molecule has 1 heterocycles. The summed E-state index contributed by atoms with van der Waals surface area (Å²) in [6.07, 6.45) is 0. The Morgan fingerprint density at radius 3 is 2.21 bits per heavy atom. The summed E-state index contributed by atoms with van der Waals surface area (Å²) in [5, 5.41) is 12.3. The lowest BCUT2D eigenvalue weighted by atomic mass is 10.0. The van der Waals surface area contributed by atoms with Gasteiger partial charge in [-0.25, -0.2) is 0 Å². The molecule has 0 aliphatic heterocycles. The summed E-state index contributed by atoms with van der Waals surface area (Å²) in [4.78, 5) is 2.11. The van der Waals surface area contributed by atoms with Crippen LogP contribution in [0.5, 0.6) is 0 Å². The van der Waals surface area contributed by atoms with Crippen LogP contribution in [0.4, 0.5) is 0 Å². The first-order valence-corrected chi connectivity index (χ1v) is 6.38. The molecular weight excluding hydrogens is 238 g/mol. The Labute approximate surface area is 114 Å². The lowest BCUT2D eigenvalue weighted by molar-refractivity contribution is 0.182. The van der Waals surface area contributed by atoms with E-state index in [0.29, 0.717) is 0 Å². The van der Waals surface area contributed by atoms with Crippen molar-refractivity contribution in [3.63, 3.8) is 0 Å². The maximum Gasteiger partial charge on any atom is 0.176 e. The quantitative estimate of drug-likeness (QED) is 0.846. The van der Waals surface area contributed by atoms with Gasteiger partial charge in [-0.1, -0.05) is 18.2 Å². The molecule has 5 heteroatoms. The zero-order chi connectivity index (χ0) is 14.2. The van der Waals surface area contributed by atoms with Crippen LogP contribution in [0.1, 0.15) is 30.8 Å². The van der Waals surface area contributed by atoms with E-state index in [2.05, 4.69) is 66.3 Å². The van der Waals surface area contributed by atoms with Gasteiger partial charge in [0.15, 0.2) is 5.82 Å². The molecular formula is C14H21N5. The maximum atomic E-state index is 4.23. The second kappa shape index (κ2) is 4.74. The molecule has 0 saturated carbocycles. The van der Waals surface area contributed by atoms with Crippen molar-refractivity contribution in [3.8, 4) is 5.69 Å². The van der Waals surface area contributed by atoms with Crippen LogP contribution >= 0.6 is 0 Å². The molecule has 5 nitrogen and oxygen atoms in total. The van der Waals surface area contributed by atoms with Crippen LogP contribution in [0, 0.1) is 13.8 Å². The van der Waals surface area contributed by atoms with Crippen LogP contribution < -0.4 is 0 Å². The number of rotatable bonds is 3. The van der Waals surface area contributed by atoms with E-state index < -0.39 is 0 Å². The number of hydrogen-bond acceptors (Lipinski definition) is 4. The number of aromatic nitrogens is 4. The molecule has 0 aliphatic carbocycles. The number of hydrogen-bond donors (Lipinski definition) is 0. The lowest BCUT2D eigenvalue weighted by Crippen LogP contribution is -2.38. The summed E-state index contributed by atoms with van der Waals surface area (Å²) in [6, 6.07) is 6.21. The van der Waals surface area contributed by atoms with E-state index in [0.717, 1.165) is 11.5 Å². The van der Waals surface area contributed by atoms with Gasteiger partial charge in [0.1, 0.15) is 0 Å². The minimum Gasteiger partial charge on any atom is -0.297 e. The van der Waals surface area contributed by atoms with E-state index in [-0.39, 0.29) is 5.54 Å². The van der Waals surface area contributed by atoms with Crippen molar-refractivity contribution in [1.82, 2.24) is 25.1 Å². The fourth-order valence-electron chi connectivity index (χ4n) is 2.06. The average molecular weight is 259 g/mol. The van der Waals surface area contributed by atoms with Gasteiger partial charge in [0.05, 0.1) is 11.2 Å². The highest BCUT2D eigenvalue weighted by atomic mass is 15.6. The highest BCUT2D eigenvalue weighted by Crippen LogP contribution is 2.27. The normalized spacial score (nSPS) is 12.2. The van der Waals surface area contributed by atoms with Crippen LogP contribution in [-0.2, 0) is 5.54 Å². The molecule has 0 atom stereocenters. The van der Waals surface area contributed by atoms with Crippen LogP contribution in [0.3, 0.4) is 0 Å². The minimum atomic E-state index is -0.238. The monoisotopic (exact) mass is 259 g/mol. The topological polar surface area (TPSA) is 46.8 Å². The first kappa shape index (κ1) is 13.7. The Balaban J connectivity index is 2.64.